The number of nitrogens with one attached hydrogen (secondary N) is 2. The van der Waals surface area contributed by atoms with Gasteiger partial charge in [0, 0.05) is 23.2 Å². The number of hydrogen-bond acceptors (Lipinski definition) is 5. The lowest BCUT2D eigenvalue weighted by molar-refractivity contribution is 0.485. The number of rotatable bonds is 5. The van der Waals surface area contributed by atoms with Crippen LogP contribution >= 0.6 is 0 Å². The molecule has 4 rings (SSSR count). The Morgan fingerprint density at radius 2 is 2.04 bits per heavy atom. The number of aromatic nitrogens is 4. The smallest absolute Gasteiger partial charge is 0.215 e. The zero-order valence-corrected chi connectivity index (χ0v) is 13.9. The summed E-state index contributed by atoms with van der Waals surface area (Å²) in [5.74, 6) is 0.451. The van der Waals surface area contributed by atoms with Crippen molar-refractivity contribution in [1.29, 1.82) is 0 Å². The molecule has 0 amide bonds. The van der Waals surface area contributed by atoms with Gasteiger partial charge in [-0.15, -0.1) is 5.10 Å². The number of hydrogen-bond donors (Lipinski definition) is 2. The van der Waals surface area contributed by atoms with Crippen LogP contribution in [0.5, 0.6) is 0 Å². The van der Waals surface area contributed by atoms with Crippen LogP contribution in [0, 0.1) is 12.7 Å². The van der Waals surface area contributed by atoms with Crippen LogP contribution in [0.1, 0.15) is 16.7 Å². The average molecular weight is 355 g/mol. The van der Waals surface area contributed by atoms with Crippen molar-refractivity contribution in [3.05, 3.63) is 58.9 Å². The number of halogens is 2. The second-order valence-corrected chi connectivity index (χ2v) is 6.04. The summed E-state index contributed by atoms with van der Waals surface area (Å²) in [6.07, 6.45) is 0. The van der Waals surface area contributed by atoms with Crippen LogP contribution in [-0.2, 0) is 13.2 Å². The van der Waals surface area contributed by atoms with Crippen LogP contribution in [0.2, 0.25) is 0 Å². The molecule has 0 bridgehead atoms. The van der Waals surface area contributed by atoms with Gasteiger partial charge in [0.15, 0.2) is 5.76 Å². The molecule has 0 aliphatic carbocycles. The molecule has 0 atom stereocenters. The van der Waals surface area contributed by atoms with Crippen LogP contribution in [0.3, 0.4) is 0 Å². The number of benzene rings is 2. The Hall–Kier alpha value is -3.29. The number of H-pyrrole nitrogens is 1. The van der Waals surface area contributed by atoms with Crippen molar-refractivity contribution in [2.24, 2.45) is 0 Å². The van der Waals surface area contributed by atoms with Crippen molar-refractivity contribution >= 4 is 16.7 Å². The zero-order valence-electron chi connectivity index (χ0n) is 13.9. The SMILES string of the molecule is Cc1cc(CF)cc(NCc2cc3oc(-c4nnn[nH]4)cc3cc2F)c1. The molecule has 6 nitrogen and oxygen atoms in total. The molecule has 8 heteroatoms. The summed E-state index contributed by atoms with van der Waals surface area (Å²) < 4.78 is 33.0. The summed E-state index contributed by atoms with van der Waals surface area (Å²) in [4.78, 5) is 0. The molecule has 0 unspecified atom stereocenters. The van der Waals surface area contributed by atoms with Crippen molar-refractivity contribution in [1.82, 2.24) is 20.6 Å². The zero-order chi connectivity index (χ0) is 18.1. The molecule has 0 fully saturated rings. The van der Waals surface area contributed by atoms with Gasteiger partial charge in [-0.2, -0.15) is 0 Å². The van der Waals surface area contributed by atoms with Crippen molar-refractivity contribution in [2.45, 2.75) is 20.1 Å². The molecule has 0 saturated carbocycles. The van der Waals surface area contributed by atoms with Gasteiger partial charge in [-0.25, -0.2) is 13.9 Å². The summed E-state index contributed by atoms with van der Waals surface area (Å²) in [6, 6.07) is 10.1. The molecule has 0 saturated heterocycles. The monoisotopic (exact) mass is 355 g/mol. The Bertz CT molecular complexity index is 1060. The fourth-order valence-electron chi connectivity index (χ4n) is 2.86. The quantitative estimate of drug-likeness (QED) is 0.562. The molecule has 0 aliphatic rings. The van der Waals surface area contributed by atoms with E-state index < -0.39 is 6.67 Å². The van der Waals surface area contributed by atoms with Gasteiger partial charge in [-0.05, 0) is 58.8 Å². The minimum Gasteiger partial charge on any atom is -0.453 e. The van der Waals surface area contributed by atoms with Gasteiger partial charge in [0.05, 0.1) is 0 Å². The fraction of sp³-hybridized carbons (Fsp3) is 0.167. The lowest BCUT2D eigenvalue weighted by atomic mass is 10.1. The standard InChI is InChI=1S/C18H15F2N5O/c1-10-2-11(8-19)4-14(3-10)21-9-13-7-16-12(5-15(13)20)6-17(26-16)18-22-24-25-23-18/h2-7,21H,8-9H2,1H3,(H,22,23,24,25). The summed E-state index contributed by atoms with van der Waals surface area (Å²) in [6.45, 7) is 1.60. The Kier molecular flexibility index (Phi) is 4.08. The number of alkyl halides is 1. The van der Waals surface area contributed by atoms with E-state index in [0.29, 0.717) is 33.7 Å². The fourth-order valence-corrected chi connectivity index (χ4v) is 2.86. The van der Waals surface area contributed by atoms with E-state index >= 15 is 0 Å². The van der Waals surface area contributed by atoms with E-state index in [2.05, 4.69) is 25.9 Å². The highest BCUT2D eigenvalue weighted by Gasteiger charge is 2.13. The van der Waals surface area contributed by atoms with E-state index in [4.69, 9.17) is 4.42 Å². The normalized spacial score (nSPS) is 11.2. The van der Waals surface area contributed by atoms with E-state index in [0.717, 1.165) is 11.3 Å². The maximum absolute atomic E-state index is 14.4. The minimum atomic E-state index is -0.539. The Morgan fingerprint density at radius 1 is 1.15 bits per heavy atom. The second-order valence-electron chi connectivity index (χ2n) is 6.04. The largest absolute Gasteiger partial charge is 0.453 e. The molecule has 4 aromatic rings. The maximum atomic E-state index is 14.4. The molecular weight excluding hydrogens is 340 g/mol. The summed E-state index contributed by atoms with van der Waals surface area (Å²) in [7, 11) is 0. The van der Waals surface area contributed by atoms with Crippen molar-refractivity contribution < 1.29 is 13.2 Å². The van der Waals surface area contributed by atoms with Crippen LogP contribution in [-0.4, -0.2) is 20.6 Å². The van der Waals surface area contributed by atoms with Crippen molar-refractivity contribution in [2.75, 3.05) is 5.32 Å². The van der Waals surface area contributed by atoms with Gasteiger partial charge in [-0.1, -0.05) is 6.07 Å². The molecule has 2 N–H and O–H groups in total. The van der Waals surface area contributed by atoms with Gasteiger partial charge in [0.2, 0.25) is 5.82 Å². The first-order chi connectivity index (χ1) is 12.6. The highest BCUT2D eigenvalue weighted by molar-refractivity contribution is 5.82. The number of anilines is 1. The molecule has 0 radical (unpaired) electrons. The highest BCUT2D eigenvalue weighted by Crippen LogP contribution is 2.28. The Balaban J connectivity index is 1.60. The number of furan rings is 1. The molecule has 26 heavy (non-hydrogen) atoms. The summed E-state index contributed by atoms with van der Waals surface area (Å²) >= 11 is 0. The number of aryl methyl sites for hydroxylation is 1. The average Bonchev–Trinajstić information content (AvgIpc) is 3.28. The van der Waals surface area contributed by atoms with E-state index in [9.17, 15) is 8.78 Å². The first-order valence-electron chi connectivity index (χ1n) is 7.99. The van der Waals surface area contributed by atoms with Crippen molar-refractivity contribution in [3.8, 4) is 11.6 Å². The number of tetrazole rings is 1. The van der Waals surface area contributed by atoms with Crippen molar-refractivity contribution in [3.63, 3.8) is 0 Å². The third-order valence-corrected chi connectivity index (χ3v) is 4.04. The minimum absolute atomic E-state index is 0.247. The topological polar surface area (TPSA) is 79.6 Å². The Morgan fingerprint density at radius 3 is 2.81 bits per heavy atom. The second kappa shape index (κ2) is 6.55. The lowest BCUT2D eigenvalue weighted by Crippen LogP contribution is -2.02. The molecule has 2 heterocycles. The van der Waals surface area contributed by atoms with Crippen LogP contribution in [0.4, 0.5) is 14.5 Å². The highest BCUT2D eigenvalue weighted by atomic mass is 19.1. The first-order valence-corrected chi connectivity index (χ1v) is 7.99. The van der Waals surface area contributed by atoms with Crippen LogP contribution in [0.15, 0.2) is 40.8 Å². The predicted molar refractivity (Wildman–Crippen MR) is 92.7 cm³/mol. The molecule has 2 aromatic heterocycles. The molecule has 0 spiro atoms. The third-order valence-electron chi connectivity index (χ3n) is 4.04. The van der Waals surface area contributed by atoms with Crippen LogP contribution in [0.25, 0.3) is 22.6 Å². The van der Waals surface area contributed by atoms with Gasteiger partial charge < -0.3 is 9.73 Å². The molecular formula is C18H15F2N5O. The summed E-state index contributed by atoms with van der Waals surface area (Å²) in [5, 5.41) is 17.1. The molecule has 132 valence electrons. The molecule has 2 aromatic carbocycles. The van der Waals surface area contributed by atoms with Gasteiger partial charge in [0.25, 0.3) is 0 Å². The first kappa shape index (κ1) is 16.2. The Labute approximate surface area is 147 Å². The number of nitrogens with zero attached hydrogens (tertiary/aromatic N) is 3. The van der Waals surface area contributed by atoms with Crippen LogP contribution < -0.4 is 5.32 Å². The number of aromatic amines is 1. The van der Waals surface area contributed by atoms with Gasteiger partial charge in [0.1, 0.15) is 18.1 Å². The number of fused-ring (bicyclic) bond motifs is 1. The van der Waals surface area contributed by atoms with Gasteiger partial charge >= 0.3 is 0 Å². The third kappa shape index (κ3) is 3.13. The predicted octanol–water partition coefficient (Wildman–Crippen LogP) is 4.14. The molecule has 0 aliphatic heterocycles. The maximum Gasteiger partial charge on any atom is 0.215 e. The van der Waals surface area contributed by atoms with E-state index in [1.165, 1.54) is 6.07 Å². The van der Waals surface area contributed by atoms with E-state index in [-0.39, 0.29) is 12.4 Å². The van der Waals surface area contributed by atoms with Gasteiger partial charge in [-0.3, -0.25) is 0 Å². The lowest BCUT2D eigenvalue weighted by Gasteiger charge is -2.10. The van der Waals surface area contributed by atoms with E-state index in [1.54, 1.807) is 24.3 Å². The van der Waals surface area contributed by atoms with E-state index in [1.807, 2.05) is 13.0 Å². The summed E-state index contributed by atoms with van der Waals surface area (Å²) in [5.41, 5.74) is 3.24.